The van der Waals surface area contributed by atoms with E-state index in [1.165, 1.54) is 16.9 Å². The zero-order valence-electron chi connectivity index (χ0n) is 9.71. The van der Waals surface area contributed by atoms with E-state index in [9.17, 15) is 4.79 Å². The predicted molar refractivity (Wildman–Crippen MR) is 66.7 cm³/mol. The van der Waals surface area contributed by atoms with Crippen LogP contribution < -0.4 is 11.1 Å². The second-order valence-corrected chi connectivity index (χ2v) is 3.71. The van der Waals surface area contributed by atoms with Crippen molar-refractivity contribution < 1.29 is 4.79 Å². The number of nitrogen functional groups attached to an aromatic ring is 1. The highest BCUT2D eigenvalue weighted by Crippen LogP contribution is 2.20. The summed E-state index contributed by atoms with van der Waals surface area (Å²) in [5.41, 5.74) is 7.45. The summed E-state index contributed by atoms with van der Waals surface area (Å²) in [6.45, 7) is 0. The summed E-state index contributed by atoms with van der Waals surface area (Å²) in [6, 6.07) is 8.29. The average Bonchev–Trinajstić information content (AvgIpc) is 2.78. The number of nitriles is 1. The molecule has 0 aliphatic rings. The van der Waals surface area contributed by atoms with Crippen molar-refractivity contribution in [1.82, 2.24) is 9.78 Å². The van der Waals surface area contributed by atoms with Gasteiger partial charge in [0.15, 0.2) is 0 Å². The summed E-state index contributed by atoms with van der Waals surface area (Å²) in [5, 5.41) is 15.3. The van der Waals surface area contributed by atoms with Crippen LogP contribution in [-0.4, -0.2) is 15.7 Å². The highest BCUT2D eigenvalue weighted by Gasteiger charge is 2.11. The Bertz CT molecular complexity index is 638. The maximum Gasteiger partial charge on any atom is 0.273 e. The van der Waals surface area contributed by atoms with Gasteiger partial charge in [0.05, 0.1) is 23.0 Å². The second-order valence-electron chi connectivity index (χ2n) is 3.71. The molecule has 1 aromatic heterocycles. The van der Waals surface area contributed by atoms with Gasteiger partial charge in [-0.2, -0.15) is 10.4 Å². The fourth-order valence-electron chi connectivity index (χ4n) is 1.53. The second kappa shape index (κ2) is 4.59. The number of carbonyl (C=O) groups excluding carboxylic acids is 1. The largest absolute Gasteiger partial charge is 0.397 e. The van der Waals surface area contributed by atoms with Gasteiger partial charge in [-0.3, -0.25) is 9.48 Å². The van der Waals surface area contributed by atoms with Gasteiger partial charge in [-0.1, -0.05) is 0 Å². The summed E-state index contributed by atoms with van der Waals surface area (Å²) in [4.78, 5) is 11.9. The Kier molecular flexibility index (Phi) is 2.98. The zero-order chi connectivity index (χ0) is 13.1. The number of aryl methyl sites for hydroxylation is 1. The van der Waals surface area contributed by atoms with E-state index < -0.39 is 0 Å². The van der Waals surface area contributed by atoms with Crippen LogP contribution in [0.4, 0.5) is 11.4 Å². The van der Waals surface area contributed by atoms with E-state index in [1.807, 2.05) is 6.07 Å². The Morgan fingerprint density at radius 1 is 1.50 bits per heavy atom. The molecule has 0 fully saturated rings. The Balaban J connectivity index is 2.23. The molecule has 0 saturated carbocycles. The molecule has 3 N–H and O–H groups in total. The molecule has 1 amide bonds. The van der Waals surface area contributed by atoms with Crippen LogP contribution in [0.1, 0.15) is 16.1 Å². The highest BCUT2D eigenvalue weighted by molar-refractivity contribution is 6.04. The molecule has 90 valence electrons. The van der Waals surface area contributed by atoms with Crippen molar-refractivity contribution in [1.29, 1.82) is 5.26 Å². The highest BCUT2D eigenvalue weighted by atomic mass is 16.2. The van der Waals surface area contributed by atoms with Gasteiger partial charge in [-0.05, 0) is 24.3 Å². The average molecular weight is 241 g/mol. The third-order valence-corrected chi connectivity index (χ3v) is 2.48. The van der Waals surface area contributed by atoms with E-state index in [0.29, 0.717) is 22.6 Å². The monoisotopic (exact) mass is 241 g/mol. The maximum atomic E-state index is 11.9. The van der Waals surface area contributed by atoms with Crippen molar-refractivity contribution >= 4 is 17.3 Å². The molecule has 1 aromatic carbocycles. The quantitative estimate of drug-likeness (QED) is 0.770. The molecule has 2 rings (SSSR count). The van der Waals surface area contributed by atoms with Gasteiger partial charge >= 0.3 is 0 Å². The number of amides is 1. The van der Waals surface area contributed by atoms with Crippen LogP contribution >= 0.6 is 0 Å². The van der Waals surface area contributed by atoms with E-state index in [2.05, 4.69) is 10.4 Å². The molecule has 0 aliphatic heterocycles. The first-order valence-electron chi connectivity index (χ1n) is 5.21. The number of nitrogens with zero attached hydrogens (tertiary/aromatic N) is 3. The lowest BCUT2D eigenvalue weighted by molar-refractivity contribution is 0.101. The SMILES string of the molecule is Cn1nccc1C(=O)Nc1ccc(C#N)cc1N. The molecule has 0 unspecified atom stereocenters. The van der Waals surface area contributed by atoms with E-state index >= 15 is 0 Å². The number of hydrogen-bond acceptors (Lipinski definition) is 4. The maximum absolute atomic E-state index is 11.9. The number of benzene rings is 1. The van der Waals surface area contributed by atoms with Crippen molar-refractivity contribution in [2.45, 2.75) is 0 Å². The first-order chi connectivity index (χ1) is 8.61. The summed E-state index contributed by atoms with van der Waals surface area (Å²) in [6.07, 6.45) is 1.54. The van der Waals surface area contributed by atoms with Gasteiger partial charge in [0.2, 0.25) is 0 Å². The number of hydrogen-bond donors (Lipinski definition) is 2. The zero-order valence-corrected chi connectivity index (χ0v) is 9.71. The normalized spacial score (nSPS) is 9.78. The van der Waals surface area contributed by atoms with E-state index in [-0.39, 0.29) is 5.91 Å². The molecule has 0 bridgehead atoms. The van der Waals surface area contributed by atoms with Crippen molar-refractivity contribution in [2.24, 2.45) is 7.05 Å². The van der Waals surface area contributed by atoms with Gasteiger partial charge < -0.3 is 11.1 Å². The predicted octanol–water partition coefficient (Wildman–Crippen LogP) is 1.13. The number of nitrogens with one attached hydrogen (secondary N) is 1. The number of nitrogens with two attached hydrogens (primary N) is 1. The van der Waals surface area contributed by atoms with Gasteiger partial charge in [-0.25, -0.2) is 0 Å². The minimum atomic E-state index is -0.300. The lowest BCUT2D eigenvalue weighted by Gasteiger charge is -2.08. The topological polar surface area (TPSA) is 96.7 Å². The van der Waals surface area contributed by atoms with Gasteiger partial charge in [-0.15, -0.1) is 0 Å². The van der Waals surface area contributed by atoms with Crippen LogP contribution in [0, 0.1) is 11.3 Å². The fraction of sp³-hybridized carbons (Fsp3) is 0.0833. The molecule has 18 heavy (non-hydrogen) atoms. The summed E-state index contributed by atoms with van der Waals surface area (Å²) in [7, 11) is 1.68. The van der Waals surface area contributed by atoms with Crippen LogP contribution in [-0.2, 0) is 7.05 Å². The fourth-order valence-corrected chi connectivity index (χ4v) is 1.53. The van der Waals surface area contributed by atoms with Crippen molar-refractivity contribution in [3.8, 4) is 6.07 Å². The standard InChI is InChI=1S/C12H11N5O/c1-17-11(4-5-15-17)12(18)16-10-3-2-8(7-13)6-9(10)14/h2-6H,14H2,1H3,(H,16,18). The van der Waals surface area contributed by atoms with E-state index in [4.69, 9.17) is 11.0 Å². The molecule has 0 aliphatic carbocycles. The van der Waals surface area contributed by atoms with Crippen molar-refractivity contribution in [2.75, 3.05) is 11.1 Å². The first kappa shape index (κ1) is 11.7. The van der Waals surface area contributed by atoms with Crippen LogP contribution in [0.15, 0.2) is 30.5 Å². The van der Waals surface area contributed by atoms with E-state index in [1.54, 1.807) is 25.2 Å². The number of carbonyl (C=O) groups is 1. The first-order valence-corrected chi connectivity index (χ1v) is 5.21. The molecular formula is C12H11N5O. The Morgan fingerprint density at radius 3 is 2.83 bits per heavy atom. The van der Waals surface area contributed by atoms with Crippen LogP contribution in [0.25, 0.3) is 0 Å². The number of anilines is 2. The molecule has 0 spiro atoms. The van der Waals surface area contributed by atoms with Crippen LogP contribution in [0.5, 0.6) is 0 Å². The van der Waals surface area contributed by atoms with Gasteiger partial charge in [0.25, 0.3) is 5.91 Å². The lowest BCUT2D eigenvalue weighted by atomic mass is 10.2. The molecule has 0 saturated heterocycles. The Morgan fingerprint density at radius 2 is 2.28 bits per heavy atom. The minimum absolute atomic E-state index is 0.300. The molecule has 6 heteroatoms. The minimum Gasteiger partial charge on any atom is -0.397 e. The van der Waals surface area contributed by atoms with Crippen LogP contribution in [0.2, 0.25) is 0 Å². The van der Waals surface area contributed by atoms with Crippen LogP contribution in [0.3, 0.4) is 0 Å². The molecular weight excluding hydrogens is 230 g/mol. The molecule has 6 nitrogen and oxygen atoms in total. The number of rotatable bonds is 2. The number of aromatic nitrogens is 2. The van der Waals surface area contributed by atoms with Gasteiger partial charge in [0, 0.05) is 13.2 Å². The lowest BCUT2D eigenvalue weighted by Crippen LogP contribution is -2.16. The third kappa shape index (κ3) is 2.15. The summed E-state index contributed by atoms with van der Waals surface area (Å²) >= 11 is 0. The Labute approximate surface area is 104 Å². The van der Waals surface area contributed by atoms with Crippen molar-refractivity contribution in [3.05, 3.63) is 41.7 Å². The molecule has 1 heterocycles. The summed E-state index contributed by atoms with van der Waals surface area (Å²) in [5.74, 6) is -0.300. The van der Waals surface area contributed by atoms with Gasteiger partial charge in [0.1, 0.15) is 5.69 Å². The molecule has 0 radical (unpaired) electrons. The summed E-state index contributed by atoms with van der Waals surface area (Å²) < 4.78 is 1.47. The van der Waals surface area contributed by atoms with Crippen molar-refractivity contribution in [3.63, 3.8) is 0 Å². The smallest absolute Gasteiger partial charge is 0.273 e. The third-order valence-electron chi connectivity index (χ3n) is 2.48. The molecule has 0 atom stereocenters. The molecule has 2 aromatic rings. The Hall–Kier alpha value is -2.81. The van der Waals surface area contributed by atoms with E-state index in [0.717, 1.165) is 0 Å².